The fourth-order valence-electron chi connectivity index (χ4n) is 2.49. The van der Waals surface area contributed by atoms with Gasteiger partial charge in [-0.2, -0.15) is 0 Å². The van der Waals surface area contributed by atoms with Crippen molar-refractivity contribution in [2.75, 3.05) is 23.7 Å². The lowest BCUT2D eigenvalue weighted by Gasteiger charge is -2.17. The van der Waals surface area contributed by atoms with E-state index in [9.17, 15) is 0 Å². The Balaban J connectivity index is 1.92. The quantitative estimate of drug-likeness (QED) is 0.656. The molecule has 3 rings (SSSR count). The molecular weight excluding hydrogens is 174 g/mol. The van der Waals surface area contributed by atoms with E-state index in [4.69, 9.17) is 5.73 Å². The molecule has 1 saturated carbocycles. The molecule has 2 atom stereocenters. The molecule has 0 bridgehead atoms. The molecule has 3 heteroatoms. The van der Waals surface area contributed by atoms with Gasteiger partial charge < -0.3 is 5.73 Å². The van der Waals surface area contributed by atoms with E-state index in [-0.39, 0.29) is 0 Å². The van der Waals surface area contributed by atoms with Gasteiger partial charge in [-0.3, -0.25) is 4.90 Å². The number of anilines is 2. The van der Waals surface area contributed by atoms with E-state index in [0.717, 1.165) is 17.7 Å². The molecule has 0 radical (unpaired) electrons. The van der Waals surface area contributed by atoms with Crippen LogP contribution < -0.4 is 15.2 Å². The summed E-state index contributed by atoms with van der Waals surface area (Å²) in [7, 11) is 2.04. The van der Waals surface area contributed by atoms with Crippen LogP contribution in [0.15, 0.2) is 18.2 Å². The van der Waals surface area contributed by atoms with Gasteiger partial charge in [0.15, 0.2) is 0 Å². The minimum absolute atomic E-state index is 0.836. The molecule has 0 aromatic carbocycles. The van der Waals surface area contributed by atoms with Crippen molar-refractivity contribution in [1.29, 1.82) is 0 Å². The van der Waals surface area contributed by atoms with Crippen LogP contribution in [0, 0.1) is 11.8 Å². The number of nitrogens with two attached hydrogens (primary N) is 1. The molecule has 1 saturated heterocycles. The highest BCUT2D eigenvalue weighted by atomic mass is 15.3. The van der Waals surface area contributed by atoms with Crippen LogP contribution in [-0.2, 0) is 7.05 Å². The summed E-state index contributed by atoms with van der Waals surface area (Å²) in [6, 6.07) is 6.13. The van der Waals surface area contributed by atoms with Gasteiger partial charge in [-0.1, -0.05) is 0 Å². The maximum atomic E-state index is 5.87. The summed E-state index contributed by atoms with van der Waals surface area (Å²) in [6.07, 6.45) is 1.45. The number of nitrogen functional groups attached to an aromatic ring is 1. The van der Waals surface area contributed by atoms with Crippen molar-refractivity contribution in [3.8, 4) is 0 Å². The molecule has 74 valence electrons. The molecule has 1 aromatic rings. The van der Waals surface area contributed by atoms with Crippen LogP contribution in [0.2, 0.25) is 0 Å². The minimum Gasteiger partial charge on any atom is -0.319 e. The molecule has 1 aliphatic heterocycles. The molecule has 0 amide bonds. The van der Waals surface area contributed by atoms with Crippen LogP contribution in [0.4, 0.5) is 11.6 Å². The lowest BCUT2D eigenvalue weighted by molar-refractivity contribution is -0.644. The number of piperidine rings is 1. The lowest BCUT2D eigenvalue weighted by atomic mass is 10.3. The maximum absolute atomic E-state index is 5.87. The monoisotopic (exact) mass is 190 g/mol. The van der Waals surface area contributed by atoms with Crippen LogP contribution in [-0.4, -0.2) is 13.1 Å². The van der Waals surface area contributed by atoms with Crippen molar-refractivity contribution >= 4 is 11.6 Å². The number of hydrogen-bond donors (Lipinski definition) is 1. The van der Waals surface area contributed by atoms with E-state index in [1.807, 2.05) is 19.2 Å². The van der Waals surface area contributed by atoms with Gasteiger partial charge in [0.2, 0.25) is 11.6 Å². The van der Waals surface area contributed by atoms with Crippen molar-refractivity contribution in [3.05, 3.63) is 18.2 Å². The highest BCUT2D eigenvalue weighted by Gasteiger charge is 2.48. The van der Waals surface area contributed by atoms with Gasteiger partial charge in [-0.05, 0) is 24.3 Å². The van der Waals surface area contributed by atoms with Gasteiger partial charge in [0.05, 0.1) is 20.1 Å². The van der Waals surface area contributed by atoms with Crippen molar-refractivity contribution in [2.24, 2.45) is 18.9 Å². The maximum Gasteiger partial charge on any atom is 0.223 e. The van der Waals surface area contributed by atoms with Gasteiger partial charge in [0.25, 0.3) is 0 Å². The Bertz CT molecular complexity index is 365. The zero-order valence-corrected chi connectivity index (χ0v) is 8.48. The topological polar surface area (TPSA) is 33.1 Å². The molecule has 1 aromatic heterocycles. The molecule has 2 unspecified atom stereocenters. The molecule has 1 aliphatic carbocycles. The molecule has 2 aliphatic rings. The van der Waals surface area contributed by atoms with Gasteiger partial charge in [-0.15, -0.1) is 0 Å². The first-order chi connectivity index (χ1) is 6.75. The van der Waals surface area contributed by atoms with Gasteiger partial charge >= 0.3 is 0 Å². The van der Waals surface area contributed by atoms with E-state index in [2.05, 4.69) is 15.5 Å². The smallest absolute Gasteiger partial charge is 0.223 e. The Morgan fingerprint density at radius 1 is 1.36 bits per heavy atom. The van der Waals surface area contributed by atoms with Crippen molar-refractivity contribution in [2.45, 2.75) is 6.42 Å². The van der Waals surface area contributed by atoms with E-state index in [1.165, 1.54) is 25.3 Å². The highest BCUT2D eigenvalue weighted by Crippen LogP contribution is 2.45. The normalized spacial score (nSPS) is 29.1. The van der Waals surface area contributed by atoms with Crippen LogP contribution in [0.3, 0.4) is 0 Å². The fraction of sp³-hybridized carbons (Fsp3) is 0.545. The summed E-state index contributed by atoms with van der Waals surface area (Å²) < 4.78 is 2.07. The Hall–Kier alpha value is -1.25. The molecule has 2 heterocycles. The zero-order valence-electron chi connectivity index (χ0n) is 8.48. The first kappa shape index (κ1) is 8.09. The number of hydrogen-bond acceptors (Lipinski definition) is 2. The SMILES string of the molecule is C[n+]1c(N)cccc1N1CC2CC2C1. The minimum atomic E-state index is 0.836. The highest BCUT2D eigenvalue weighted by molar-refractivity contribution is 5.40. The third-order valence-electron chi connectivity index (χ3n) is 3.55. The molecular formula is C11H16N3+. The fourth-order valence-corrected chi connectivity index (χ4v) is 2.49. The Morgan fingerprint density at radius 3 is 2.79 bits per heavy atom. The van der Waals surface area contributed by atoms with Crippen LogP contribution >= 0.6 is 0 Å². The Morgan fingerprint density at radius 2 is 2.07 bits per heavy atom. The first-order valence-electron chi connectivity index (χ1n) is 5.25. The Labute approximate surface area is 84.1 Å². The second-order valence-electron chi connectivity index (χ2n) is 4.53. The number of nitrogens with zero attached hydrogens (tertiary/aromatic N) is 2. The first-order valence-corrected chi connectivity index (χ1v) is 5.25. The lowest BCUT2D eigenvalue weighted by Crippen LogP contribution is -2.41. The van der Waals surface area contributed by atoms with E-state index in [1.54, 1.807) is 0 Å². The number of rotatable bonds is 1. The molecule has 2 N–H and O–H groups in total. The average molecular weight is 190 g/mol. The van der Waals surface area contributed by atoms with Gasteiger partial charge in [0, 0.05) is 12.1 Å². The summed E-state index contributed by atoms with van der Waals surface area (Å²) in [5.74, 6) is 4.04. The third kappa shape index (κ3) is 1.08. The van der Waals surface area contributed by atoms with Crippen molar-refractivity contribution in [3.63, 3.8) is 0 Å². The summed E-state index contributed by atoms with van der Waals surface area (Å²) in [5.41, 5.74) is 5.87. The average Bonchev–Trinajstić information content (AvgIpc) is 2.78. The second kappa shape index (κ2) is 2.62. The number of pyridine rings is 1. The number of fused-ring (bicyclic) bond motifs is 1. The van der Waals surface area contributed by atoms with E-state index < -0.39 is 0 Å². The van der Waals surface area contributed by atoms with Gasteiger partial charge in [-0.25, -0.2) is 4.57 Å². The predicted octanol–water partition coefficient (Wildman–Crippen LogP) is 0.549. The molecule has 3 nitrogen and oxygen atoms in total. The summed E-state index contributed by atoms with van der Waals surface area (Å²) in [4.78, 5) is 2.45. The van der Waals surface area contributed by atoms with E-state index >= 15 is 0 Å². The standard InChI is InChI=1S/C11H15N3/c1-13-10(12)3-2-4-11(13)14-6-8-5-9(8)7-14/h2-4,8-9,12H,5-7H2,1H3/p+1. The van der Waals surface area contributed by atoms with Crippen molar-refractivity contribution < 1.29 is 4.57 Å². The summed E-state index contributed by atoms with van der Waals surface area (Å²) in [6.45, 7) is 2.45. The van der Waals surface area contributed by atoms with Gasteiger partial charge in [0.1, 0.15) is 0 Å². The third-order valence-corrected chi connectivity index (χ3v) is 3.55. The summed E-state index contributed by atoms with van der Waals surface area (Å²) >= 11 is 0. The molecule has 2 fully saturated rings. The largest absolute Gasteiger partial charge is 0.319 e. The molecule has 0 spiro atoms. The van der Waals surface area contributed by atoms with E-state index in [0.29, 0.717) is 0 Å². The predicted molar refractivity (Wildman–Crippen MR) is 55.8 cm³/mol. The van der Waals surface area contributed by atoms with Crippen LogP contribution in [0.5, 0.6) is 0 Å². The zero-order chi connectivity index (χ0) is 9.71. The summed E-state index contributed by atoms with van der Waals surface area (Å²) in [5, 5.41) is 0. The van der Waals surface area contributed by atoms with Crippen LogP contribution in [0.25, 0.3) is 0 Å². The number of aromatic nitrogens is 1. The van der Waals surface area contributed by atoms with Crippen molar-refractivity contribution in [1.82, 2.24) is 0 Å². The van der Waals surface area contributed by atoms with Crippen LogP contribution in [0.1, 0.15) is 6.42 Å². The Kier molecular flexibility index (Phi) is 1.52. The molecule has 14 heavy (non-hydrogen) atoms. The second-order valence-corrected chi connectivity index (χ2v) is 4.53.